The number of carbonyl (C=O) groups excluding carboxylic acids is 1. The summed E-state index contributed by atoms with van der Waals surface area (Å²) in [6, 6.07) is 0. The summed E-state index contributed by atoms with van der Waals surface area (Å²) in [6.45, 7) is 2.70. The first-order valence-corrected chi connectivity index (χ1v) is 5.73. The molecule has 1 fully saturated rings. The third kappa shape index (κ3) is 2.95. The molecule has 0 spiro atoms. The minimum Gasteiger partial charge on any atom is -0.479 e. The van der Waals surface area contributed by atoms with Gasteiger partial charge in [0.2, 0.25) is 5.91 Å². The highest BCUT2D eigenvalue weighted by Gasteiger charge is 2.40. The van der Waals surface area contributed by atoms with E-state index in [0.717, 1.165) is 12.8 Å². The maximum absolute atomic E-state index is 11.6. The zero-order valence-electron chi connectivity index (χ0n) is 9.61. The lowest BCUT2D eigenvalue weighted by atomic mass is 9.91. The van der Waals surface area contributed by atoms with Crippen molar-refractivity contribution < 1.29 is 19.8 Å². The van der Waals surface area contributed by atoms with Crippen LogP contribution in [-0.4, -0.2) is 45.7 Å². The van der Waals surface area contributed by atoms with Crippen molar-refractivity contribution in [1.29, 1.82) is 0 Å². The van der Waals surface area contributed by atoms with E-state index in [0.29, 0.717) is 19.5 Å². The summed E-state index contributed by atoms with van der Waals surface area (Å²) in [6.07, 6.45) is 2.60. The Hall–Kier alpha value is -1.10. The molecule has 0 aromatic rings. The molecule has 0 unspecified atom stereocenters. The van der Waals surface area contributed by atoms with E-state index in [1.165, 1.54) is 0 Å². The number of hydrogen-bond donors (Lipinski definition) is 2. The molecule has 1 aliphatic heterocycles. The number of aliphatic carboxylic acids is 1. The Morgan fingerprint density at radius 2 is 1.88 bits per heavy atom. The number of carboxylic acids is 1. The van der Waals surface area contributed by atoms with Crippen LogP contribution in [0, 0.1) is 0 Å². The van der Waals surface area contributed by atoms with Gasteiger partial charge in [-0.3, -0.25) is 4.79 Å². The van der Waals surface area contributed by atoms with Gasteiger partial charge >= 0.3 is 5.97 Å². The van der Waals surface area contributed by atoms with Gasteiger partial charge in [-0.05, 0) is 6.42 Å². The predicted octanol–water partition coefficient (Wildman–Crippen LogP) is 0.615. The van der Waals surface area contributed by atoms with Crippen molar-refractivity contribution in [2.24, 2.45) is 0 Å². The van der Waals surface area contributed by atoms with Gasteiger partial charge in [0.25, 0.3) is 0 Å². The third-order valence-electron chi connectivity index (χ3n) is 3.09. The monoisotopic (exact) mass is 229 g/mol. The first kappa shape index (κ1) is 13.0. The second-order valence-corrected chi connectivity index (χ2v) is 4.32. The summed E-state index contributed by atoms with van der Waals surface area (Å²) in [5, 5.41) is 18.5. The van der Waals surface area contributed by atoms with Crippen LogP contribution in [0.25, 0.3) is 0 Å². The van der Waals surface area contributed by atoms with E-state index in [2.05, 4.69) is 0 Å². The molecule has 0 atom stereocenters. The molecule has 2 N–H and O–H groups in total. The second-order valence-electron chi connectivity index (χ2n) is 4.32. The molecule has 0 aromatic heterocycles. The minimum absolute atomic E-state index is 0.0642. The van der Waals surface area contributed by atoms with Crippen molar-refractivity contribution in [2.45, 2.75) is 44.6 Å². The summed E-state index contributed by atoms with van der Waals surface area (Å²) < 4.78 is 0. The van der Waals surface area contributed by atoms with E-state index in [4.69, 9.17) is 5.11 Å². The number of likely N-dealkylation sites (tertiary alicyclic amines) is 1. The van der Waals surface area contributed by atoms with Crippen LogP contribution in [0.4, 0.5) is 0 Å². The Balaban J connectivity index is 2.42. The SMILES string of the molecule is CCCCC(=O)N1CCC(O)(C(=O)O)CC1. The fourth-order valence-electron chi connectivity index (χ4n) is 1.83. The number of nitrogens with zero attached hydrogens (tertiary/aromatic N) is 1. The van der Waals surface area contributed by atoms with Crippen LogP contribution >= 0.6 is 0 Å². The maximum atomic E-state index is 11.6. The van der Waals surface area contributed by atoms with Crippen LogP contribution in [0.1, 0.15) is 39.0 Å². The highest BCUT2D eigenvalue weighted by Crippen LogP contribution is 2.22. The average Bonchev–Trinajstić information content (AvgIpc) is 2.26. The Kier molecular flexibility index (Phi) is 4.29. The number of amides is 1. The molecule has 0 radical (unpaired) electrons. The van der Waals surface area contributed by atoms with Gasteiger partial charge in [0.15, 0.2) is 5.60 Å². The quantitative estimate of drug-likeness (QED) is 0.740. The van der Waals surface area contributed by atoms with Gasteiger partial charge < -0.3 is 15.1 Å². The van der Waals surface area contributed by atoms with E-state index in [1.807, 2.05) is 6.92 Å². The smallest absolute Gasteiger partial charge is 0.335 e. The average molecular weight is 229 g/mol. The first-order chi connectivity index (χ1) is 7.49. The summed E-state index contributed by atoms with van der Waals surface area (Å²) >= 11 is 0. The molecule has 0 aromatic carbocycles. The first-order valence-electron chi connectivity index (χ1n) is 5.73. The van der Waals surface area contributed by atoms with Gasteiger partial charge in [-0.25, -0.2) is 4.79 Å². The number of rotatable bonds is 4. The summed E-state index contributed by atoms with van der Waals surface area (Å²) in [7, 11) is 0. The van der Waals surface area contributed by atoms with Gasteiger partial charge in [-0.2, -0.15) is 0 Å². The normalized spacial score (nSPS) is 19.5. The fourth-order valence-corrected chi connectivity index (χ4v) is 1.83. The topological polar surface area (TPSA) is 77.8 Å². The minimum atomic E-state index is -1.64. The third-order valence-corrected chi connectivity index (χ3v) is 3.09. The predicted molar refractivity (Wildman–Crippen MR) is 57.9 cm³/mol. The van der Waals surface area contributed by atoms with E-state index in [9.17, 15) is 14.7 Å². The van der Waals surface area contributed by atoms with E-state index in [-0.39, 0.29) is 18.7 Å². The lowest BCUT2D eigenvalue weighted by Gasteiger charge is -2.35. The van der Waals surface area contributed by atoms with Gasteiger partial charge in [-0.1, -0.05) is 13.3 Å². The lowest BCUT2D eigenvalue weighted by Crippen LogP contribution is -2.50. The van der Waals surface area contributed by atoms with Crippen LogP contribution in [0.15, 0.2) is 0 Å². The molecular weight excluding hydrogens is 210 g/mol. The van der Waals surface area contributed by atoms with Gasteiger partial charge in [-0.15, -0.1) is 0 Å². The summed E-state index contributed by atoms with van der Waals surface area (Å²) in [4.78, 5) is 24.1. The molecule has 0 saturated carbocycles. The largest absolute Gasteiger partial charge is 0.479 e. The fraction of sp³-hybridized carbons (Fsp3) is 0.818. The molecule has 0 bridgehead atoms. The van der Waals surface area contributed by atoms with Crippen molar-refractivity contribution in [1.82, 2.24) is 4.90 Å². The van der Waals surface area contributed by atoms with Gasteiger partial charge in [0.1, 0.15) is 0 Å². The zero-order chi connectivity index (χ0) is 12.2. The second kappa shape index (κ2) is 5.30. The molecular formula is C11H19NO4. The molecule has 0 aliphatic carbocycles. The lowest BCUT2D eigenvalue weighted by molar-refractivity contribution is -0.165. The van der Waals surface area contributed by atoms with Crippen LogP contribution in [0.3, 0.4) is 0 Å². The number of piperidine rings is 1. The van der Waals surface area contributed by atoms with Crippen molar-refractivity contribution in [2.75, 3.05) is 13.1 Å². The number of hydrogen-bond acceptors (Lipinski definition) is 3. The Labute approximate surface area is 95.1 Å². The molecule has 92 valence electrons. The van der Waals surface area contributed by atoms with E-state index >= 15 is 0 Å². The number of carbonyl (C=O) groups is 2. The molecule has 5 heteroatoms. The maximum Gasteiger partial charge on any atom is 0.335 e. The Bertz CT molecular complexity index is 269. The van der Waals surface area contributed by atoms with Crippen LogP contribution in [-0.2, 0) is 9.59 Å². The molecule has 16 heavy (non-hydrogen) atoms. The van der Waals surface area contributed by atoms with Crippen molar-refractivity contribution >= 4 is 11.9 Å². The number of carboxylic acid groups (broad SMARTS) is 1. The molecule has 5 nitrogen and oxygen atoms in total. The van der Waals surface area contributed by atoms with E-state index in [1.54, 1.807) is 4.90 Å². The van der Waals surface area contributed by atoms with Crippen molar-refractivity contribution in [3.8, 4) is 0 Å². The van der Waals surface area contributed by atoms with Crippen molar-refractivity contribution in [3.05, 3.63) is 0 Å². The highest BCUT2D eigenvalue weighted by molar-refractivity contribution is 5.79. The van der Waals surface area contributed by atoms with Crippen LogP contribution in [0.5, 0.6) is 0 Å². The molecule has 1 aliphatic rings. The summed E-state index contributed by atoms with van der Waals surface area (Å²) in [5.74, 6) is -1.12. The number of aliphatic hydroxyl groups is 1. The highest BCUT2D eigenvalue weighted by atomic mass is 16.4. The summed E-state index contributed by atoms with van der Waals surface area (Å²) in [5.41, 5.74) is -1.64. The van der Waals surface area contributed by atoms with E-state index < -0.39 is 11.6 Å². The standard InChI is InChI=1S/C11H19NO4/c1-2-3-4-9(13)12-7-5-11(16,6-8-12)10(14)15/h16H,2-8H2,1H3,(H,14,15). The molecule has 1 saturated heterocycles. The molecule has 1 rings (SSSR count). The molecule has 1 amide bonds. The van der Waals surface area contributed by atoms with Gasteiger partial charge in [0, 0.05) is 32.4 Å². The Morgan fingerprint density at radius 1 is 1.31 bits per heavy atom. The number of unbranched alkanes of at least 4 members (excludes halogenated alkanes) is 1. The van der Waals surface area contributed by atoms with Crippen LogP contribution < -0.4 is 0 Å². The van der Waals surface area contributed by atoms with Crippen molar-refractivity contribution in [3.63, 3.8) is 0 Å². The molecule has 1 heterocycles. The zero-order valence-corrected chi connectivity index (χ0v) is 9.61. The Morgan fingerprint density at radius 3 is 2.31 bits per heavy atom. The van der Waals surface area contributed by atoms with Gasteiger partial charge in [0.05, 0.1) is 0 Å². The van der Waals surface area contributed by atoms with Crippen LogP contribution in [0.2, 0.25) is 0 Å².